The maximum atomic E-state index is 12.9. The van der Waals surface area contributed by atoms with E-state index < -0.39 is 0 Å². The fourth-order valence-electron chi connectivity index (χ4n) is 2.49. The lowest BCUT2D eigenvalue weighted by molar-refractivity contribution is 0.0714. The van der Waals surface area contributed by atoms with E-state index in [-0.39, 0.29) is 5.91 Å². The van der Waals surface area contributed by atoms with Crippen molar-refractivity contribution >= 4 is 5.91 Å². The molecule has 1 aromatic carbocycles. The molecule has 0 spiro atoms. The maximum Gasteiger partial charge on any atom is 0.254 e. The van der Waals surface area contributed by atoms with E-state index in [2.05, 4.69) is 27.7 Å². The summed E-state index contributed by atoms with van der Waals surface area (Å²) in [6.07, 6.45) is 0. The van der Waals surface area contributed by atoms with Gasteiger partial charge in [0.2, 0.25) is 0 Å². The highest BCUT2D eigenvalue weighted by Crippen LogP contribution is 2.29. The maximum absolute atomic E-state index is 12.9. The molecular weight excluding hydrogens is 290 g/mol. The smallest absolute Gasteiger partial charge is 0.254 e. The zero-order chi connectivity index (χ0) is 17.4. The molecule has 0 aliphatic heterocycles. The monoisotopic (exact) mass is 321 g/mol. The fourth-order valence-corrected chi connectivity index (χ4v) is 2.49. The van der Waals surface area contributed by atoms with Crippen LogP contribution in [0.2, 0.25) is 0 Å². The van der Waals surface area contributed by atoms with Gasteiger partial charge in [0.1, 0.15) is 0 Å². The van der Waals surface area contributed by atoms with Gasteiger partial charge in [0, 0.05) is 18.7 Å². The molecule has 130 valence electrons. The zero-order valence-electron chi connectivity index (χ0n) is 15.4. The minimum Gasteiger partial charge on any atom is -0.490 e. The Morgan fingerprint density at radius 2 is 1.48 bits per heavy atom. The first-order chi connectivity index (χ1) is 10.9. The summed E-state index contributed by atoms with van der Waals surface area (Å²) in [5.74, 6) is 2.24. The normalized spacial score (nSPS) is 11.0. The second-order valence-electron chi connectivity index (χ2n) is 6.53. The standard InChI is InChI=1S/C19H31NO3/c1-7-22-17-10-9-16(11-18(17)23-8-2)19(21)20(12-14(3)4)13-15(5)6/h9-11,14-15H,7-8,12-13H2,1-6H3. The van der Waals surface area contributed by atoms with Crippen LogP contribution in [-0.2, 0) is 0 Å². The van der Waals surface area contributed by atoms with Crippen LogP contribution >= 0.6 is 0 Å². The number of amides is 1. The Hall–Kier alpha value is -1.71. The predicted molar refractivity (Wildman–Crippen MR) is 94.4 cm³/mol. The van der Waals surface area contributed by atoms with Crippen LogP contribution in [-0.4, -0.2) is 37.1 Å². The highest BCUT2D eigenvalue weighted by atomic mass is 16.5. The highest BCUT2D eigenvalue weighted by molar-refractivity contribution is 5.95. The molecule has 0 saturated carbocycles. The van der Waals surface area contributed by atoms with Crippen molar-refractivity contribution < 1.29 is 14.3 Å². The summed E-state index contributed by atoms with van der Waals surface area (Å²) < 4.78 is 11.2. The van der Waals surface area contributed by atoms with Gasteiger partial charge in [-0.2, -0.15) is 0 Å². The summed E-state index contributed by atoms with van der Waals surface area (Å²) in [7, 11) is 0. The molecule has 0 aliphatic rings. The third-order valence-electron chi connectivity index (χ3n) is 3.25. The van der Waals surface area contributed by atoms with Crippen molar-refractivity contribution in [3.05, 3.63) is 23.8 Å². The van der Waals surface area contributed by atoms with Crippen molar-refractivity contribution in [2.75, 3.05) is 26.3 Å². The number of nitrogens with zero attached hydrogens (tertiary/aromatic N) is 1. The lowest BCUT2D eigenvalue weighted by Crippen LogP contribution is -2.37. The number of carbonyl (C=O) groups excluding carboxylic acids is 1. The molecule has 1 rings (SSSR count). The summed E-state index contributed by atoms with van der Waals surface area (Å²) in [4.78, 5) is 14.8. The Balaban J connectivity index is 3.05. The molecule has 0 fully saturated rings. The van der Waals surface area contributed by atoms with Crippen LogP contribution < -0.4 is 9.47 Å². The molecular formula is C19H31NO3. The van der Waals surface area contributed by atoms with Crippen LogP contribution in [0.4, 0.5) is 0 Å². The van der Waals surface area contributed by atoms with Crippen LogP contribution in [0, 0.1) is 11.8 Å². The molecule has 0 heterocycles. The molecule has 0 aromatic heterocycles. The number of ether oxygens (including phenoxy) is 2. The second kappa shape index (κ2) is 9.43. The lowest BCUT2D eigenvalue weighted by Gasteiger charge is -2.26. The Bertz CT molecular complexity index is 487. The molecule has 4 heteroatoms. The van der Waals surface area contributed by atoms with Gasteiger partial charge >= 0.3 is 0 Å². The third kappa shape index (κ3) is 6.12. The molecule has 23 heavy (non-hydrogen) atoms. The quantitative estimate of drug-likeness (QED) is 0.683. The van der Waals surface area contributed by atoms with E-state index in [0.29, 0.717) is 42.1 Å². The van der Waals surface area contributed by atoms with E-state index in [9.17, 15) is 4.79 Å². The zero-order valence-corrected chi connectivity index (χ0v) is 15.4. The summed E-state index contributed by atoms with van der Waals surface area (Å²) in [5, 5.41) is 0. The van der Waals surface area contributed by atoms with E-state index in [1.807, 2.05) is 30.9 Å². The molecule has 4 nitrogen and oxygen atoms in total. The topological polar surface area (TPSA) is 38.8 Å². The molecule has 0 bridgehead atoms. The Labute approximate surface area is 140 Å². The van der Waals surface area contributed by atoms with Crippen LogP contribution in [0.5, 0.6) is 11.5 Å². The van der Waals surface area contributed by atoms with Gasteiger partial charge in [0.15, 0.2) is 11.5 Å². The SMILES string of the molecule is CCOc1ccc(C(=O)N(CC(C)C)CC(C)C)cc1OCC. The van der Waals surface area contributed by atoms with Gasteiger partial charge in [0.05, 0.1) is 13.2 Å². The minimum absolute atomic E-state index is 0.0522. The van der Waals surface area contributed by atoms with Gasteiger partial charge in [-0.25, -0.2) is 0 Å². The average Bonchev–Trinajstić information content (AvgIpc) is 2.47. The van der Waals surface area contributed by atoms with Crippen molar-refractivity contribution in [2.45, 2.75) is 41.5 Å². The van der Waals surface area contributed by atoms with Crippen molar-refractivity contribution in [1.82, 2.24) is 4.90 Å². The van der Waals surface area contributed by atoms with Crippen LogP contribution in [0.25, 0.3) is 0 Å². The number of carbonyl (C=O) groups is 1. The number of benzene rings is 1. The molecule has 1 amide bonds. The Kier molecular flexibility index (Phi) is 7.93. The van der Waals surface area contributed by atoms with Gasteiger partial charge in [-0.3, -0.25) is 4.79 Å². The minimum atomic E-state index is 0.0522. The molecule has 0 radical (unpaired) electrons. The first-order valence-electron chi connectivity index (χ1n) is 8.57. The van der Waals surface area contributed by atoms with E-state index in [4.69, 9.17) is 9.47 Å². The average molecular weight is 321 g/mol. The third-order valence-corrected chi connectivity index (χ3v) is 3.25. The largest absolute Gasteiger partial charge is 0.490 e. The second-order valence-corrected chi connectivity index (χ2v) is 6.53. The van der Waals surface area contributed by atoms with Crippen molar-refractivity contribution in [1.29, 1.82) is 0 Å². The first-order valence-corrected chi connectivity index (χ1v) is 8.57. The van der Waals surface area contributed by atoms with Gasteiger partial charge in [-0.05, 0) is 43.9 Å². The van der Waals surface area contributed by atoms with Crippen molar-refractivity contribution in [3.8, 4) is 11.5 Å². The molecule has 1 aromatic rings. The van der Waals surface area contributed by atoms with E-state index in [1.165, 1.54) is 0 Å². The molecule has 0 unspecified atom stereocenters. The van der Waals surface area contributed by atoms with E-state index in [0.717, 1.165) is 13.1 Å². The highest BCUT2D eigenvalue weighted by Gasteiger charge is 2.19. The van der Waals surface area contributed by atoms with Crippen molar-refractivity contribution in [3.63, 3.8) is 0 Å². The van der Waals surface area contributed by atoms with Gasteiger partial charge in [-0.15, -0.1) is 0 Å². The number of hydrogen-bond acceptors (Lipinski definition) is 3. The Morgan fingerprint density at radius 1 is 0.957 bits per heavy atom. The van der Waals surface area contributed by atoms with E-state index >= 15 is 0 Å². The van der Waals surface area contributed by atoms with Crippen molar-refractivity contribution in [2.24, 2.45) is 11.8 Å². The summed E-state index contributed by atoms with van der Waals surface area (Å²) in [6, 6.07) is 5.44. The number of rotatable bonds is 9. The summed E-state index contributed by atoms with van der Waals surface area (Å²) in [5.41, 5.74) is 0.651. The summed E-state index contributed by atoms with van der Waals surface area (Å²) in [6.45, 7) is 15.0. The summed E-state index contributed by atoms with van der Waals surface area (Å²) >= 11 is 0. The first kappa shape index (κ1) is 19.3. The van der Waals surface area contributed by atoms with Crippen LogP contribution in [0.15, 0.2) is 18.2 Å². The lowest BCUT2D eigenvalue weighted by atomic mass is 10.1. The van der Waals surface area contributed by atoms with Crippen LogP contribution in [0.1, 0.15) is 51.9 Å². The van der Waals surface area contributed by atoms with Gasteiger partial charge in [-0.1, -0.05) is 27.7 Å². The van der Waals surface area contributed by atoms with E-state index in [1.54, 1.807) is 6.07 Å². The fraction of sp³-hybridized carbons (Fsp3) is 0.632. The van der Waals surface area contributed by atoms with Crippen LogP contribution in [0.3, 0.4) is 0 Å². The molecule has 0 atom stereocenters. The van der Waals surface area contributed by atoms with Gasteiger partial charge < -0.3 is 14.4 Å². The molecule has 0 saturated heterocycles. The number of hydrogen-bond donors (Lipinski definition) is 0. The Morgan fingerprint density at radius 3 is 1.96 bits per heavy atom. The predicted octanol–water partition coefficient (Wildman–Crippen LogP) is 4.24. The molecule has 0 N–H and O–H groups in total. The van der Waals surface area contributed by atoms with Gasteiger partial charge in [0.25, 0.3) is 5.91 Å². The molecule has 0 aliphatic carbocycles.